The molecule has 1 aromatic rings. The van der Waals surface area contributed by atoms with Gasteiger partial charge >= 0.3 is 6.09 Å². The number of primary amides is 1. The average Bonchev–Trinajstić information content (AvgIpc) is 2.18. The normalized spacial score (nSPS) is 8.08. The van der Waals surface area contributed by atoms with Crippen LogP contribution in [0.3, 0.4) is 0 Å². The van der Waals surface area contributed by atoms with Crippen LogP contribution >= 0.6 is 0 Å². The highest BCUT2D eigenvalue weighted by Gasteiger charge is 1.86. The molecular formula is C10H15NO2. The molecule has 0 aliphatic heterocycles. The number of carbonyl (C=O) groups is 1. The third kappa shape index (κ3) is 10.5. The van der Waals surface area contributed by atoms with Crippen molar-refractivity contribution in [2.75, 3.05) is 6.61 Å². The molecule has 0 saturated heterocycles. The zero-order valence-corrected chi connectivity index (χ0v) is 7.77. The van der Waals surface area contributed by atoms with Gasteiger partial charge in [0.1, 0.15) is 0 Å². The number of hydrogen-bond donors (Lipinski definition) is 1. The van der Waals surface area contributed by atoms with Gasteiger partial charge in [0.25, 0.3) is 0 Å². The molecule has 0 saturated carbocycles. The van der Waals surface area contributed by atoms with Gasteiger partial charge in [-0.05, 0) is 6.42 Å². The Morgan fingerprint density at radius 3 is 1.69 bits per heavy atom. The van der Waals surface area contributed by atoms with Crippen molar-refractivity contribution in [3.05, 3.63) is 36.4 Å². The van der Waals surface area contributed by atoms with Crippen molar-refractivity contribution < 1.29 is 9.53 Å². The zero-order chi connectivity index (χ0) is 9.94. The number of amides is 1. The molecule has 3 nitrogen and oxygen atoms in total. The maximum Gasteiger partial charge on any atom is 0.404 e. The summed E-state index contributed by atoms with van der Waals surface area (Å²) in [4.78, 5) is 9.76. The maximum absolute atomic E-state index is 9.76. The summed E-state index contributed by atoms with van der Waals surface area (Å²) >= 11 is 0. The molecule has 0 fully saturated rings. The van der Waals surface area contributed by atoms with E-state index in [2.05, 4.69) is 10.5 Å². The summed E-state index contributed by atoms with van der Waals surface area (Å²) in [6.45, 7) is 2.33. The van der Waals surface area contributed by atoms with Crippen LogP contribution in [0.2, 0.25) is 0 Å². The van der Waals surface area contributed by atoms with E-state index >= 15 is 0 Å². The van der Waals surface area contributed by atoms with E-state index in [0.29, 0.717) is 6.61 Å². The van der Waals surface area contributed by atoms with E-state index in [9.17, 15) is 4.79 Å². The molecule has 0 radical (unpaired) electrons. The first-order chi connectivity index (χ1) is 6.27. The van der Waals surface area contributed by atoms with Gasteiger partial charge in [0.05, 0.1) is 6.61 Å². The molecule has 13 heavy (non-hydrogen) atoms. The highest BCUT2D eigenvalue weighted by atomic mass is 16.5. The molecule has 1 rings (SSSR count). The second-order valence-corrected chi connectivity index (χ2v) is 2.32. The molecule has 72 valence electrons. The monoisotopic (exact) mass is 181 g/mol. The fourth-order valence-corrected chi connectivity index (χ4v) is 0.588. The quantitative estimate of drug-likeness (QED) is 0.760. The number of rotatable bonds is 2. The van der Waals surface area contributed by atoms with Crippen molar-refractivity contribution in [1.29, 1.82) is 0 Å². The number of ether oxygens (including phenoxy) is 1. The Morgan fingerprint density at radius 2 is 1.54 bits per heavy atom. The van der Waals surface area contributed by atoms with Crippen LogP contribution in [0, 0.1) is 0 Å². The van der Waals surface area contributed by atoms with Crippen molar-refractivity contribution in [1.82, 2.24) is 0 Å². The van der Waals surface area contributed by atoms with Crippen molar-refractivity contribution in [2.45, 2.75) is 13.3 Å². The van der Waals surface area contributed by atoms with Gasteiger partial charge in [-0.1, -0.05) is 43.3 Å². The smallest absolute Gasteiger partial charge is 0.404 e. The Balaban J connectivity index is 0.000000223. The molecular weight excluding hydrogens is 166 g/mol. The summed E-state index contributed by atoms with van der Waals surface area (Å²) in [6, 6.07) is 12.0. The Kier molecular flexibility index (Phi) is 7.59. The van der Waals surface area contributed by atoms with E-state index in [4.69, 9.17) is 0 Å². The summed E-state index contributed by atoms with van der Waals surface area (Å²) < 4.78 is 4.33. The van der Waals surface area contributed by atoms with Gasteiger partial charge in [-0.3, -0.25) is 0 Å². The Hall–Kier alpha value is -1.51. The Bertz CT molecular complexity index is 185. The number of benzene rings is 1. The Labute approximate surface area is 78.5 Å². The molecule has 2 N–H and O–H groups in total. The van der Waals surface area contributed by atoms with Gasteiger partial charge in [0.2, 0.25) is 0 Å². The summed E-state index contributed by atoms with van der Waals surface area (Å²) in [7, 11) is 0. The lowest BCUT2D eigenvalue weighted by Crippen LogP contribution is -2.12. The predicted octanol–water partition coefficient (Wildman–Crippen LogP) is 2.18. The van der Waals surface area contributed by atoms with Gasteiger partial charge in [-0.2, -0.15) is 0 Å². The van der Waals surface area contributed by atoms with Crippen LogP contribution in [0.5, 0.6) is 0 Å². The van der Waals surface area contributed by atoms with Gasteiger partial charge in [0, 0.05) is 0 Å². The molecule has 0 aromatic heterocycles. The van der Waals surface area contributed by atoms with Crippen molar-refractivity contribution in [3.8, 4) is 0 Å². The molecule has 0 heterocycles. The maximum atomic E-state index is 9.76. The van der Waals surface area contributed by atoms with Crippen molar-refractivity contribution in [2.24, 2.45) is 5.73 Å². The highest BCUT2D eigenvalue weighted by Crippen LogP contribution is 1.80. The third-order valence-electron chi connectivity index (χ3n) is 1.12. The lowest BCUT2D eigenvalue weighted by molar-refractivity contribution is 0.157. The van der Waals surface area contributed by atoms with Crippen LogP contribution in [0.1, 0.15) is 13.3 Å². The predicted molar refractivity (Wildman–Crippen MR) is 52.3 cm³/mol. The summed E-state index contributed by atoms with van der Waals surface area (Å²) in [5.41, 5.74) is 4.62. The first kappa shape index (κ1) is 11.5. The molecule has 0 atom stereocenters. The van der Waals surface area contributed by atoms with E-state index in [-0.39, 0.29) is 0 Å². The van der Waals surface area contributed by atoms with Gasteiger partial charge in [-0.25, -0.2) is 4.79 Å². The minimum absolute atomic E-state index is 0.426. The van der Waals surface area contributed by atoms with Crippen LogP contribution in [-0.2, 0) is 4.74 Å². The van der Waals surface area contributed by atoms with E-state index in [0.717, 1.165) is 6.42 Å². The molecule has 0 aliphatic rings. The highest BCUT2D eigenvalue weighted by molar-refractivity contribution is 5.64. The fourth-order valence-electron chi connectivity index (χ4n) is 0.588. The topological polar surface area (TPSA) is 52.3 Å². The van der Waals surface area contributed by atoms with Crippen LogP contribution in [0.25, 0.3) is 0 Å². The van der Waals surface area contributed by atoms with Gasteiger partial charge in [0.15, 0.2) is 0 Å². The first-order valence-corrected chi connectivity index (χ1v) is 4.19. The summed E-state index contributed by atoms with van der Waals surface area (Å²) in [6.07, 6.45) is 0.130. The molecule has 0 bridgehead atoms. The molecule has 3 heteroatoms. The first-order valence-electron chi connectivity index (χ1n) is 4.19. The minimum atomic E-state index is -0.693. The SMILES string of the molecule is CCCOC(N)=O.c1ccccc1. The lowest BCUT2D eigenvalue weighted by atomic mass is 10.4. The lowest BCUT2D eigenvalue weighted by Gasteiger charge is -1.93. The second kappa shape index (κ2) is 8.59. The van der Waals surface area contributed by atoms with Crippen LogP contribution in [-0.4, -0.2) is 12.7 Å². The number of carbonyl (C=O) groups excluding carboxylic acids is 1. The Morgan fingerprint density at radius 1 is 1.15 bits per heavy atom. The molecule has 0 aliphatic carbocycles. The summed E-state index contributed by atoms with van der Waals surface area (Å²) in [5, 5.41) is 0. The van der Waals surface area contributed by atoms with Crippen LogP contribution in [0.4, 0.5) is 4.79 Å². The van der Waals surface area contributed by atoms with E-state index < -0.39 is 6.09 Å². The van der Waals surface area contributed by atoms with E-state index in [1.165, 1.54) is 0 Å². The second-order valence-electron chi connectivity index (χ2n) is 2.32. The molecule has 1 amide bonds. The van der Waals surface area contributed by atoms with E-state index in [1.54, 1.807) is 0 Å². The summed E-state index contributed by atoms with van der Waals surface area (Å²) in [5.74, 6) is 0. The van der Waals surface area contributed by atoms with E-state index in [1.807, 2.05) is 43.3 Å². The van der Waals surface area contributed by atoms with Crippen molar-refractivity contribution >= 4 is 6.09 Å². The van der Waals surface area contributed by atoms with Crippen LogP contribution in [0.15, 0.2) is 36.4 Å². The molecule has 1 aromatic carbocycles. The zero-order valence-electron chi connectivity index (χ0n) is 7.77. The molecule has 0 spiro atoms. The standard InChI is InChI=1S/C6H6.C4H9NO2/c1-2-4-6-5-3-1;1-2-3-7-4(5)6/h1-6H;2-3H2,1H3,(H2,5,6). The van der Waals surface area contributed by atoms with Crippen LogP contribution < -0.4 is 5.73 Å². The fraction of sp³-hybridized carbons (Fsp3) is 0.300. The number of nitrogens with two attached hydrogens (primary N) is 1. The minimum Gasteiger partial charge on any atom is -0.450 e. The van der Waals surface area contributed by atoms with Crippen molar-refractivity contribution in [3.63, 3.8) is 0 Å². The van der Waals surface area contributed by atoms with Gasteiger partial charge in [-0.15, -0.1) is 0 Å². The van der Waals surface area contributed by atoms with Gasteiger partial charge < -0.3 is 10.5 Å². The number of hydrogen-bond acceptors (Lipinski definition) is 2. The largest absolute Gasteiger partial charge is 0.450 e. The third-order valence-corrected chi connectivity index (χ3v) is 1.12. The molecule has 0 unspecified atom stereocenters. The average molecular weight is 181 g/mol.